The number of rotatable bonds is 6. The van der Waals surface area contributed by atoms with Gasteiger partial charge in [-0.1, -0.05) is 0 Å². The quantitative estimate of drug-likeness (QED) is 0.433. The molecule has 0 atom stereocenters. The molecule has 0 aliphatic heterocycles. The van der Waals surface area contributed by atoms with Crippen LogP contribution in [0.2, 0.25) is 0 Å². The first kappa shape index (κ1) is 13.9. The molecule has 10 heteroatoms. The number of methoxy groups -OCH3 is 1. The Morgan fingerprint density at radius 3 is 2.77 bits per heavy atom. The van der Waals surface area contributed by atoms with Crippen molar-refractivity contribution in [1.82, 2.24) is 25.1 Å². The number of hydrogen-bond acceptors (Lipinski definition) is 7. The average molecular weight is 427 g/mol. The van der Waals surface area contributed by atoms with Gasteiger partial charge in [-0.15, -0.1) is 0 Å². The Morgan fingerprint density at radius 1 is 1.13 bits per heavy atom. The highest BCUT2D eigenvalue weighted by molar-refractivity contribution is 6.05. The van der Waals surface area contributed by atoms with Crippen molar-refractivity contribution in [2.75, 3.05) is 24.7 Å². The van der Waals surface area contributed by atoms with Crippen LogP contribution in [-0.4, -0.2) is 39.7 Å². The number of aromatic nitrogens is 4. The molecule has 0 saturated heterocycles. The minimum atomic E-state index is -2.81. The number of ether oxygens (including phenoxy) is 1. The summed E-state index contributed by atoms with van der Waals surface area (Å²) in [6.07, 6.45) is 3.69. The molecular formula is C21H20FN7O2. The smallest absolute Gasteiger partial charge is 0.256 e. The first-order valence-corrected chi connectivity index (χ1v) is 8.90. The fourth-order valence-electron chi connectivity index (χ4n) is 3.06. The zero-order valence-corrected chi connectivity index (χ0v) is 16.1. The summed E-state index contributed by atoms with van der Waals surface area (Å²) in [5, 5.41) is 12.1. The minimum Gasteiger partial charge on any atom is -0.492 e. The molecule has 1 aromatic carbocycles. The maximum absolute atomic E-state index is 13.3. The minimum absolute atomic E-state index is 0.0709. The third-order valence-electron chi connectivity index (χ3n) is 4.43. The third kappa shape index (κ3) is 3.82. The van der Waals surface area contributed by atoms with Gasteiger partial charge in [-0.3, -0.25) is 9.48 Å². The molecule has 9 nitrogen and oxygen atoms in total. The third-order valence-corrected chi connectivity index (χ3v) is 4.43. The van der Waals surface area contributed by atoms with Crippen LogP contribution in [0, 0.1) is 5.82 Å². The van der Waals surface area contributed by atoms with Crippen molar-refractivity contribution >= 4 is 39.8 Å². The number of hydrogen-bond donors (Lipinski definition) is 3. The van der Waals surface area contributed by atoms with E-state index in [0.717, 1.165) is 16.9 Å². The molecule has 31 heavy (non-hydrogen) atoms. The van der Waals surface area contributed by atoms with Gasteiger partial charge in [-0.05, 0) is 30.3 Å². The van der Waals surface area contributed by atoms with E-state index in [4.69, 9.17) is 13.0 Å². The Bertz CT molecular complexity index is 1460. The van der Waals surface area contributed by atoms with Crippen LogP contribution < -0.4 is 20.7 Å². The Hall–Kier alpha value is -4.21. The van der Waals surface area contributed by atoms with Gasteiger partial charge in [0.15, 0.2) is 5.75 Å². The van der Waals surface area contributed by atoms with E-state index < -0.39 is 25.7 Å². The monoisotopic (exact) mass is 427 g/mol. The molecule has 0 fully saturated rings. The molecular weight excluding hydrogens is 401 g/mol. The van der Waals surface area contributed by atoms with Crippen molar-refractivity contribution in [3.05, 3.63) is 60.3 Å². The molecule has 0 aliphatic carbocycles. The highest BCUT2D eigenvalue weighted by Gasteiger charge is 2.20. The topological polar surface area (TPSA) is 106 Å². The number of benzene rings is 1. The lowest BCUT2D eigenvalue weighted by Crippen LogP contribution is -2.21. The largest absolute Gasteiger partial charge is 0.492 e. The second kappa shape index (κ2) is 8.27. The molecule has 3 aromatic heterocycles. The van der Waals surface area contributed by atoms with Crippen LogP contribution in [0.5, 0.6) is 5.75 Å². The molecule has 0 aliphatic rings. The number of nitrogens with one attached hydrogen (secondary N) is 3. The Balaban J connectivity index is 1.83. The van der Waals surface area contributed by atoms with Gasteiger partial charge in [0.25, 0.3) is 5.91 Å². The van der Waals surface area contributed by atoms with Crippen LogP contribution in [0.3, 0.4) is 0 Å². The highest BCUT2D eigenvalue weighted by Crippen LogP contribution is 2.36. The van der Waals surface area contributed by atoms with Crippen LogP contribution in [0.25, 0.3) is 10.9 Å². The lowest BCUT2D eigenvalue weighted by Gasteiger charge is -2.17. The van der Waals surface area contributed by atoms with E-state index >= 15 is 0 Å². The van der Waals surface area contributed by atoms with Crippen molar-refractivity contribution in [2.24, 2.45) is 6.98 Å². The first-order chi connectivity index (χ1) is 17.4. The summed E-state index contributed by atoms with van der Waals surface area (Å²) in [5.41, 5.74) is 0.361. The van der Waals surface area contributed by atoms with E-state index in [1.54, 1.807) is 12.1 Å². The zero-order chi connectivity index (χ0) is 27.0. The summed E-state index contributed by atoms with van der Waals surface area (Å²) in [6.45, 7) is -5.40. The number of fused-ring (bicyclic) bond motifs is 1. The molecule has 0 bridgehead atoms. The molecule has 0 unspecified atom stereocenters. The maximum atomic E-state index is 13.3. The highest BCUT2D eigenvalue weighted by atomic mass is 19.1. The molecule has 1 amide bonds. The first-order valence-electron chi connectivity index (χ1n) is 11.9. The maximum Gasteiger partial charge on any atom is 0.256 e. The molecule has 0 saturated carbocycles. The SMILES string of the molecule is [2H]C([2H])([2H])NC(=O)c1c(Nc2ccc3cnn(C([2H])([2H])[2H])c3c2OC)ccnc1Nc1ccc(F)cn1. The standard InChI is InChI=1S/C21H20FN7O2/c1-23-21(30)17-14(8-9-24-20(17)28-16-7-5-13(22)11-25-16)27-15-6-4-12-10-26-29(2)18(12)19(15)31-3/h4-11H,1-3H3,(H,23,30)(H2,24,25,27,28)/i1D3,2D3. The van der Waals surface area contributed by atoms with Gasteiger partial charge in [0.2, 0.25) is 0 Å². The van der Waals surface area contributed by atoms with Crippen molar-refractivity contribution < 1.29 is 22.1 Å². The molecule has 4 rings (SSSR count). The number of pyridine rings is 2. The zero-order valence-electron chi connectivity index (χ0n) is 22.1. The number of carbonyl (C=O) groups excluding carboxylic acids is 1. The molecule has 0 radical (unpaired) electrons. The van der Waals surface area contributed by atoms with Gasteiger partial charge in [0, 0.05) is 33.8 Å². The second-order valence-electron chi connectivity index (χ2n) is 6.29. The summed E-state index contributed by atoms with van der Waals surface area (Å²) >= 11 is 0. The Morgan fingerprint density at radius 2 is 2.03 bits per heavy atom. The van der Waals surface area contributed by atoms with Crippen molar-refractivity contribution in [3.8, 4) is 5.75 Å². The molecule has 3 N–H and O–H groups in total. The molecule has 0 spiro atoms. The molecule has 3 heterocycles. The summed E-state index contributed by atoms with van der Waals surface area (Å²) < 4.78 is 65.2. The normalized spacial score (nSPS) is 14.4. The van der Waals surface area contributed by atoms with Gasteiger partial charge in [0.05, 0.1) is 30.9 Å². The van der Waals surface area contributed by atoms with Gasteiger partial charge in [-0.2, -0.15) is 5.10 Å². The summed E-state index contributed by atoms with van der Waals surface area (Å²) in [5.74, 6) is -1.37. The predicted octanol–water partition coefficient (Wildman–Crippen LogP) is 3.36. The van der Waals surface area contributed by atoms with Crippen molar-refractivity contribution in [1.29, 1.82) is 0 Å². The predicted molar refractivity (Wildman–Crippen MR) is 116 cm³/mol. The van der Waals surface area contributed by atoms with Crippen LogP contribution in [-0.2, 0) is 6.98 Å². The molecule has 158 valence electrons. The van der Waals surface area contributed by atoms with Crippen molar-refractivity contribution in [3.63, 3.8) is 0 Å². The fraction of sp³-hybridized carbons (Fsp3) is 0.143. The van der Waals surface area contributed by atoms with Crippen LogP contribution >= 0.6 is 0 Å². The summed E-state index contributed by atoms with van der Waals surface area (Å²) in [7, 11) is 1.35. The van der Waals surface area contributed by atoms with E-state index in [0.29, 0.717) is 5.39 Å². The summed E-state index contributed by atoms with van der Waals surface area (Å²) in [6, 6.07) is 7.08. The van der Waals surface area contributed by atoms with Gasteiger partial charge < -0.3 is 20.7 Å². The van der Waals surface area contributed by atoms with E-state index in [9.17, 15) is 9.18 Å². The Labute approximate surface area is 185 Å². The van der Waals surface area contributed by atoms with Crippen LogP contribution in [0.1, 0.15) is 18.6 Å². The lowest BCUT2D eigenvalue weighted by molar-refractivity contribution is 0.0964. The van der Waals surface area contributed by atoms with Gasteiger partial charge in [-0.25, -0.2) is 14.4 Å². The van der Waals surface area contributed by atoms with Crippen molar-refractivity contribution in [2.45, 2.75) is 0 Å². The number of nitrogens with zero attached hydrogens (tertiary/aromatic N) is 4. The number of carbonyl (C=O) groups is 1. The number of aryl methyl sites for hydroxylation is 1. The average Bonchev–Trinajstić information content (AvgIpc) is 3.24. The summed E-state index contributed by atoms with van der Waals surface area (Å²) in [4.78, 5) is 21.1. The number of amides is 1. The van der Waals surface area contributed by atoms with E-state index in [1.807, 2.05) is 5.32 Å². The molecule has 4 aromatic rings. The fourth-order valence-corrected chi connectivity index (χ4v) is 3.06. The van der Waals surface area contributed by atoms with Gasteiger partial charge in [0.1, 0.15) is 28.5 Å². The van der Waals surface area contributed by atoms with E-state index in [-0.39, 0.29) is 39.8 Å². The number of anilines is 4. The van der Waals surface area contributed by atoms with E-state index in [1.165, 1.54) is 31.6 Å². The Kier molecular flexibility index (Phi) is 3.71. The van der Waals surface area contributed by atoms with Crippen LogP contribution in [0.4, 0.5) is 27.4 Å². The van der Waals surface area contributed by atoms with Gasteiger partial charge >= 0.3 is 0 Å². The number of halogens is 1. The second-order valence-corrected chi connectivity index (χ2v) is 6.29. The lowest BCUT2D eigenvalue weighted by atomic mass is 10.1. The van der Waals surface area contributed by atoms with E-state index in [2.05, 4.69) is 25.7 Å². The van der Waals surface area contributed by atoms with Crippen LogP contribution in [0.15, 0.2) is 48.9 Å².